The van der Waals surface area contributed by atoms with Crippen LogP contribution in [0.3, 0.4) is 0 Å². The van der Waals surface area contributed by atoms with Crippen molar-refractivity contribution < 1.29 is 19.0 Å². The molecule has 0 aliphatic rings. The zero-order chi connectivity index (χ0) is 11.4. The van der Waals surface area contributed by atoms with Gasteiger partial charge in [0.1, 0.15) is 0 Å². The van der Waals surface area contributed by atoms with Gasteiger partial charge in [-0.25, -0.2) is 0 Å². The molecule has 0 fully saturated rings. The SMILES string of the molecule is C=CC(=O)NCCOCCOCCOC. The molecule has 0 aliphatic carbocycles. The summed E-state index contributed by atoms with van der Waals surface area (Å²) in [5.41, 5.74) is 0. The van der Waals surface area contributed by atoms with Crippen LogP contribution in [-0.2, 0) is 19.0 Å². The summed E-state index contributed by atoms with van der Waals surface area (Å²) in [6, 6.07) is 0. The first-order valence-corrected chi connectivity index (χ1v) is 4.86. The van der Waals surface area contributed by atoms with Gasteiger partial charge in [-0.05, 0) is 6.08 Å². The van der Waals surface area contributed by atoms with E-state index in [4.69, 9.17) is 14.2 Å². The van der Waals surface area contributed by atoms with Gasteiger partial charge in [0.25, 0.3) is 0 Å². The lowest BCUT2D eigenvalue weighted by molar-refractivity contribution is -0.116. The van der Waals surface area contributed by atoms with Crippen molar-refractivity contribution in [2.24, 2.45) is 0 Å². The summed E-state index contributed by atoms with van der Waals surface area (Å²) in [6.45, 7) is 6.53. The Balaban J connectivity index is 2.98. The summed E-state index contributed by atoms with van der Waals surface area (Å²) in [6.07, 6.45) is 1.23. The molecule has 0 radical (unpaired) electrons. The number of hydrogen-bond donors (Lipinski definition) is 1. The topological polar surface area (TPSA) is 56.8 Å². The van der Waals surface area contributed by atoms with E-state index in [1.807, 2.05) is 0 Å². The Morgan fingerprint density at radius 3 is 2.40 bits per heavy atom. The van der Waals surface area contributed by atoms with Gasteiger partial charge in [-0.3, -0.25) is 4.79 Å². The smallest absolute Gasteiger partial charge is 0.243 e. The highest BCUT2D eigenvalue weighted by Crippen LogP contribution is 1.79. The van der Waals surface area contributed by atoms with E-state index in [-0.39, 0.29) is 5.91 Å². The molecule has 0 saturated heterocycles. The first kappa shape index (κ1) is 14.1. The van der Waals surface area contributed by atoms with E-state index in [0.29, 0.717) is 39.6 Å². The van der Waals surface area contributed by atoms with E-state index in [1.54, 1.807) is 7.11 Å². The maximum Gasteiger partial charge on any atom is 0.243 e. The summed E-state index contributed by atoms with van der Waals surface area (Å²) in [5.74, 6) is -0.185. The number of ether oxygens (including phenoxy) is 3. The monoisotopic (exact) mass is 217 g/mol. The highest BCUT2D eigenvalue weighted by Gasteiger charge is 1.93. The molecule has 0 saturated carbocycles. The Hall–Kier alpha value is -0.910. The zero-order valence-corrected chi connectivity index (χ0v) is 9.16. The molecule has 0 heterocycles. The van der Waals surface area contributed by atoms with Crippen LogP contribution >= 0.6 is 0 Å². The predicted octanol–water partition coefficient (Wildman–Crippen LogP) is -0.0318. The van der Waals surface area contributed by atoms with Crippen LogP contribution in [-0.4, -0.2) is 52.6 Å². The summed E-state index contributed by atoms with van der Waals surface area (Å²) in [5, 5.41) is 2.60. The molecule has 0 unspecified atom stereocenters. The van der Waals surface area contributed by atoms with Crippen LogP contribution in [0.1, 0.15) is 0 Å². The lowest BCUT2D eigenvalue weighted by Gasteiger charge is -2.05. The van der Waals surface area contributed by atoms with Crippen LogP contribution in [0.4, 0.5) is 0 Å². The first-order chi connectivity index (χ1) is 7.31. The van der Waals surface area contributed by atoms with E-state index in [1.165, 1.54) is 6.08 Å². The maximum atomic E-state index is 10.7. The predicted molar refractivity (Wildman–Crippen MR) is 56.7 cm³/mol. The van der Waals surface area contributed by atoms with Crippen molar-refractivity contribution >= 4 is 5.91 Å². The number of carbonyl (C=O) groups is 1. The van der Waals surface area contributed by atoms with Gasteiger partial charge in [-0.15, -0.1) is 0 Å². The molecule has 88 valence electrons. The van der Waals surface area contributed by atoms with Crippen molar-refractivity contribution in [2.45, 2.75) is 0 Å². The van der Waals surface area contributed by atoms with Crippen molar-refractivity contribution in [3.8, 4) is 0 Å². The third-order valence-corrected chi connectivity index (χ3v) is 1.53. The summed E-state index contributed by atoms with van der Waals surface area (Å²) < 4.78 is 15.2. The van der Waals surface area contributed by atoms with Gasteiger partial charge in [0, 0.05) is 13.7 Å². The zero-order valence-electron chi connectivity index (χ0n) is 9.16. The van der Waals surface area contributed by atoms with Crippen molar-refractivity contribution in [1.29, 1.82) is 0 Å². The van der Waals surface area contributed by atoms with E-state index in [2.05, 4.69) is 11.9 Å². The summed E-state index contributed by atoms with van der Waals surface area (Å²) in [7, 11) is 1.63. The van der Waals surface area contributed by atoms with E-state index in [0.717, 1.165) is 0 Å². The standard InChI is InChI=1S/C10H19NO4/c1-3-10(12)11-4-5-14-8-9-15-7-6-13-2/h3H,1,4-9H2,2H3,(H,11,12). The lowest BCUT2D eigenvalue weighted by atomic mass is 10.5. The van der Waals surface area contributed by atoms with Gasteiger partial charge in [0.2, 0.25) is 5.91 Å². The van der Waals surface area contributed by atoms with Gasteiger partial charge in [-0.2, -0.15) is 0 Å². The van der Waals surface area contributed by atoms with Gasteiger partial charge >= 0.3 is 0 Å². The van der Waals surface area contributed by atoms with Crippen LogP contribution in [0.5, 0.6) is 0 Å². The van der Waals surface area contributed by atoms with Crippen molar-refractivity contribution in [2.75, 3.05) is 46.7 Å². The third kappa shape index (κ3) is 11.0. The molecule has 0 aromatic rings. The molecular weight excluding hydrogens is 198 g/mol. The van der Waals surface area contributed by atoms with E-state index in [9.17, 15) is 4.79 Å². The normalized spacial score (nSPS) is 9.93. The Morgan fingerprint density at radius 2 is 1.80 bits per heavy atom. The van der Waals surface area contributed by atoms with Crippen LogP contribution in [0.2, 0.25) is 0 Å². The van der Waals surface area contributed by atoms with Crippen molar-refractivity contribution in [1.82, 2.24) is 5.32 Å². The molecule has 0 aromatic carbocycles. The largest absolute Gasteiger partial charge is 0.382 e. The molecule has 1 N–H and O–H groups in total. The second-order valence-corrected chi connectivity index (χ2v) is 2.71. The minimum absolute atomic E-state index is 0.185. The summed E-state index contributed by atoms with van der Waals surface area (Å²) in [4.78, 5) is 10.7. The average Bonchev–Trinajstić information content (AvgIpc) is 2.26. The number of hydrogen-bond acceptors (Lipinski definition) is 4. The fraction of sp³-hybridized carbons (Fsp3) is 0.700. The third-order valence-electron chi connectivity index (χ3n) is 1.53. The molecule has 0 bridgehead atoms. The lowest BCUT2D eigenvalue weighted by Crippen LogP contribution is -2.25. The molecule has 15 heavy (non-hydrogen) atoms. The van der Waals surface area contributed by atoms with E-state index >= 15 is 0 Å². The van der Waals surface area contributed by atoms with Crippen molar-refractivity contribution in [3.63, 3.8) is 0 Å². The summed E-state index contributed by atoms with van der Waals surface area (Å²) >= 11 is 0. The van der Waals surface area contributed by atoms with Crippen LogP contribution in [0, 0.1) is 0 Å². The minimum atomic E-state index is -0.185. The molecule has 1 amide bonds. The van der Waals surface area contributed by atoms with Crippen LogP contribution in [0.25, 0.3) is 0 Å². The molecule has 0 aromatic heterocycles. The molecule has 0 atom stereocenters. The maximum absolute atomic E-state index is 10.7. The first-order valence-electron chi connectivity index (χ1n) is 4.86. The highest BCUT2D eigenvalue weighted by molar-refractivity contribution is 5.86. The highest BCUT2D eigenvalue weighted by atomic mass is 16.5. The van der Waals surface area contributed by atoms with E-state index < -0.39 is 0 Å². The molecule has 0 aliphatic heterocycles. The molecule has 5 heteroatoms. The molecule has 0 spiro atoms. The van der Waals surface area contributed by atoms with Gasteiger partial charge in [-0.1, -0.05) is 6.58 Å². The van der Waals surface area contributed by atoms with Gasteiger partial charge in [0.15, 0.2) is 0 Å². The second kappa shape index (κ2) is 11.2. The van der Waals surface area contributed by atoms with Gasteiger partial charge in [0.05, 0.1) is 33.0 Å². The van der Waals surface area contributed by atoms with Crippen LogP contribution < -0.4 is 5.32 Å². The number of nitrogens with one attached hydrogen (secondary N) is 1. The molecule has 0 rings (SSSR count). The quantitative estimate of drug-likeness (QED) is 0.412. The van der Waals surface area contributed by atoms with Crippen molar-refractivity contribution in [3.05, 3.63) is 12.7 Å². The molecular formula is C10H19NO4. The average molecular weight is 217 g/mol. The second-order valence-electron chi connectivity index (χ2n) is 2.71. The van der Waals surface area contributed by atoms with Crippen LogP contribution in [0.15, 0.2) is 12.7 Å². The minimum Gasteiger partial charge on any atom is -0.382 e. The number of amides is 1. The Morgan fingerprint density at radius 1 is 1.20 bits per heavy atom. The Kier molecular flexibility index (Phi) is 10.5. The Bertz CT molecular complexity index is 173. The fourth-order valence-electron chi connectivity index (χ4n) is 0.783. The number of methoxy groups -OCH3 is 1. The van der Waals surface area contributed by atoms with Gasteiger partial charge < -0.3 is 19.5 Å². The fourth-order valence-corrected chi connectivity index (χ4v) is 0.783. The molecule has 5 nitrogen and oxygen atoms in total. The number of rotatable bonds is 10. The number of carbonyl (C=O) groups excluding carboxylic acids is 1. The Labute approximate surface area is 90.4 Å².